The fourth-order valence-electron chi connectivity index (χ4n) is 2.76. The van der Waals surface area contributed by atoms with Gasteiger partial charge in [0.25, 0.3) is 5.69 Å². The van der Waals surface area contributed by atoms with E-state index >= 15 is 0 Å². The molecule has 2 rings (SSSR count). The van der Waals surface area contributed by atoms with E-state index in [1.807, 2.05) is 12.1 Å². The normalized spacial score (nSPS) is 18.8. The summed E-state index contributed by atoms with van der Waals surface area (Å²) in [5.41, 5.74) is 0.862. The molecule has 116 valence electrons. The van der Waals surface area contributed by atoms with Gasteiger partial charge in [0.1, 0.15) is 5.69 Å². The second kappa shape index (κ2) is 7.63. The van der Waals surface area contributed by atoms with Gasteiger partial charge in [-0.25, -0.2) is 0 Å². The van der Waals surface area contributed by atoms with Crippen molar-refractivity contribution in [2.75, 3.05) is 32.2 Å². The molecule has 21 heavy (non-hydrogen) atoms. The van der Waals surface area contributed by atoms with E-state index < -0.39 is 0 Å². The molecule has 1 aromatic carbocycles. The summed E-state index contributed by atoms with van der Waals surface area (Å²) < 4.78 is 8.21. The van der Waals surface area contributed by atoms with E-state index in [-0.39, 0.29) is 16.7 Å². The average Bonchev–Trinajstić information content (AvgIpc) is 2.48. The maximum atomic E-state index is 11.4. The minimum absolute atomic E-state index is 0.165. The van der Waals surface area contributed by atoms with Gasteiger partial charge in [-0.15, -0.1) is 0 Å². The maximum Gasteiger partial charge on any atom is 0.293 e. The second-order valence-electron chi connectivity index (χ2n) is 5.01. The zero-order chi connectivity index (χ0) is 15.2. The lowest BCUT2D eigenvalue weighted by Crippen LogP contribution is -2.42. The predicted octanol–water partition coefficient (Wildman–Crippen LogP) is 2.83. The quantitative estimate of drug-likeness (QED) is 0.495. The first-order valence-corrected chi connectivity index (χ1v) is 7.86. The lowest BCUT2D eigenvalue weighted by Gasteiger charge is -2.36. The first-order valence-electron chi connectivity index (χ1n) is 7.05. The average molecular weight is 311 g/mol. The highest BCUT2D eigenvalue weighted by Crippen LogP contribution is 2.35. The van der Waals surface area contributed by atoms with Crippen LogP contribution in [-0.4, -0.2) is 38.3 Å². The summed E-state index contributed by atoms with van der Waals surface area (Å²) in [6, 6.07) is 5.62. The van der Waals surface area contributed by atoms with Gasteiger partial charge in [0.15, 0.2) is 0 Å². The van der Waals surface area contributed by atoms with E-state index in [4.69, 9.17) is 4.74 Å². The maximum absolute atomic E-state index is 11.4. The van der Waals surface area contributed by atoms with Crippen LogP contribution in [0.2, 0.25) is 0 Å². The fourth-order valence-corrected chi connectivity index (χ4v) is 3.30. The summed E-state index contributed by atoms with van der Waals surface area (Å²) in [7, 11) is 3.47. The molecule has 0 amide bonds. The van der Waals surface area contributed by atoms with Crippen LogP contribution in [-0.2, 0) is 4.74 Å². The van der Waals surface area contributed by atoms with Crippen molar-refractivity contribution in [3.05, 3.63) is 28.3 Å². The number of anilines is 1. The highest BCUT2D eigenvalue weighted by atomic mass is 32.2. The number of nitro groups is 1. The van der Waals surface area contributed by atoms with Gasteiger partial charge in [-0.1, -0.05) is 0 Å². The van der Waals surface area contributed by atoms with Crippen LogP contribution in [0.5, 0.6) is 0 Å². The van der Waals surface area contributed by atoms with Gasteiger partial charge in [-0.05, 0) is 50.4 Å². The minimum Gasteiger partial charge on any atom is -0.383 e. The van der Waals surface area contributed by atoms with Crippen LogP contribution in [0.4, 0.5) is 11.4 Å². The van der Waals surface area contributed by atoms with Crippen molar-refractivity contribution in [2.45, 2.75) is 30.2 Å². The molecule has 1 aliphatic heterocycles. The minimum atomic E-state index is -0.298. The number of nitrogens with one attached hydrogen (secondary N) is 1. The van der Waals surface area contributed by atoms with Gasteiger partial charge in [0, 0.05) is 24.6 Å². The van der Waals surface area contributed by atoms with Gasteiger partial charge in [-0.3, -0.25) is 14.8 Å². The molecule has 0 aromatic heterocycles. The second-order valence-corrected chi connectivity index (χ2v) is 6.10. The van der Waals surface area contributed by atoms with E-state index in [0.717, 1.165) is 30.7 Å². The Kier molecular flexibility index (Phi) is 5.84. The lowest BCUT2D eigenvalue weighted by molar-refractivity contribution is -0.384. The topological polar surface area (TPSA) is 67.6 Å². The van der Waals surface area contributed by atoms with Crippen molar-refractivity contribution < 1.29 is 9.66 Å². The highest BCUT2D eigenvalue weighted by molar-refractivity contribution is 7.97. The molecule has 1 aliphatic rings. The molecule has 1 heterocycles. The molecule has 1 N–H and O–H groups in total. The number of hydrogen-bond donors (Lipinski definition) is 1. The van der Waals surface area contributed by atoms with Crippen LogP contribution in [0.1, 0.15) is 19.3 Å². The van der Waals surface area contributed by atoms with Crippen LogP contribution < -0.4 is 9.62 Å². The third-order valence-corrected chi connectivity index (χ3v) is 4.35. The monoisotopic (exact) mass is 311 g/mol. The lowest BCUT2D eigenvalue weighted by atomic mass is 10.0. The Morgan fingerprint density at radius 1 is 1.52 bits per heavy atom. The van der Waals surface area contributed by atoms with E-state index in [2.05, 4.69) is 9.62 Å². The Hall–Kier alpha value is -1.31. The summed E-state index contributed by atoms with van der Waals surface area (Å²) in [6.07, 6.45) is 3.22. The number of ether oxygens (including phenoxy) is 1. The summed E-state index contributed by atoms with van der Waals surface area (Å²) in [5.74, 6) is 0. The number of hydrogen-bond acceptors (Lipinski definition) is 6. The summed E-state index contributed by atoms with van der Waals surface area (Å²) in [5, 5.41) is 11.4. The Morgan fingerprint density at radius 2 is 2.33 bits per heavy atom. The number of methoxy groups -OCH3 is 1. The standard InChI is InChI=1S/C14H21N3O3S/c1-15-21-12-6-7-13(14(9-12)17(18)19)16-8-4-3-5-11(16)10-20-2/h6-7,9,11,15H,3-5,8,10H2,1-2H3. The van der Waals surface area contributed by atoms with Crippen LogP contribution >= 0.6 is 11.9 Å². The van der Waals surface area contributed by atoms with Gasteiger partial charge in [0.2, 0.25) is 0 Å². The molecule has 7 heteroatoms. The van der Waals surface area contributed by atoms with E-state index in [1.54, 1.807) is 20.2 Å². The molecule has 0 aliphatic carbocycles. The number of benzene rings is 1. The molecule has 0 saturated carbocycles. The Balaban J connectivity index is 2.33. The summed E-state index contributed by atoms with van der Waals surface area (Å²) in [6.45, 7) is 1.44. The molecular weight excluding hydrogens is 290 g/mol. The number of piperidine rings is 1. The van der Waals surface area contributed by atoms with E-state index in [9.17, 15) is 10.1 Å². The predicted molar refractivity (Wildman–Crippen MR) is 84.9 cm³/mol. The Morgan fingerprint density at radius 3 is 3.00 bits per heavy atom. The van der Waals surface area contributed by atoms with E-state index in [1.165, 1.54) is 11.9 Å². The molecule has 1 aromatic rings. The largest absolute Gasteiger partial charge is 0.383 e. The van der Waals surface area contributed by atoms with Crippen molar-refractivity contribution in [3.63, 3.8) is 0 Å². The molecule has 0 spiro atoms. The van der Waals surface area contributed by atoms with Crippen LogP contribution in [0.15, 0.2) is 23.1 Å². The first-order chi connectivity index (χ1) is 10.2. The molecule has 0 radical (unpaired) electrons. The molecule has 1 atom stereocenters. The van der Waals surface area contributed by atoms with Crippen molar-refractivity contribution in [3.8, 4) is 0 Å². The smallest absolute Gasteiger partial charge is 0.293 e. The zero-order valence-corrected chi connectivity index (χ0v) is 13.2. The summed E-state index contributed by atoms with van der Waals surface area (Å²) in [4.78, 5) is 14.1. The van der Waals surface area contributed by atoms with Crippen molar-refractivity contribution in [2.24, 2.45) is 0 Å². The molecule has 1 saturated heterocycles. The third-order valence-electron chi connectivity index (χ3n) is 3.66. The highest BCUT2D eigenvalue weighted by Gasteiger charge is 2.28. The van der Waals surface area contributed by atoms with Crippen LogP contribution in [0, 0.1) is 10.1 Å². The molecule has 1 unspecified atom stereocenters. The van der Waals surface area contributed by atoms with Crippen LogP contribution in [0.25, 0.3) is 0 Å². The van der Waals surface area contributed by atoms with Gasteiger partial charge in [-0.2, -0.15) is 0 Å². The Bertz CT molecular complexity index is 496. The molecule has 1 fully saturated rings. The van der Waals surface area contributed by atoms with E-state index in [0.29, 0.717) is 12.3 Å². The fraction of sp³-hybridized carbons (Fsp3) is 0.571. The van der Waals surface area contributed by atoms with Gasteiger partial charge in [0.05, 0.1) is 17.6 Å². The molecule has 0 bridgehead atoms. The van der Waals surface area contributed by atoms with Gasteiger partial charge >= 0.3 is 0 Å². The zero-order valence-electron chi connectivity index (χ0n) is 12.4. The van der Waals surface area contributed by atoms with Crippen molar-refractivity contribution in [1.29, 1.82) is 0 Å². The van der Waals surface area contributed by atoms with Gasteiger partial charge < -0.3 is 9.64 Å². The number of nitrogens with zero attached hydrogens (tertiary/aromatic N) is 2. The molecule has 6 nitrogen and oxygen atoms in total. The SMILES string of the molecule is CNSc1ccc(N2CCCCC2COC)c([N+](=O)[O-])c1. The summed E-state index contributed by atoms with van der Waals surface area (Å²) >= 11 is 1.38. The number of nitro benzene ring substituents is 1. The Labute approximate surface area is 129 Å². The number of rotatable bonds is 6. The third kappa shape index (κ3) is 3.87. The first kappa shape index (κ1) is 16.1. The van der Waals surface area contributed by atoms with Crippen LogP contribution in [0.3, 0.4) is 0 Å². The van der Waals surface area contributed by atoms with Crippen molar-refractivity contribution >= 4 is 23.3 Å². The molecular formula is C14H21N3O3S. The van der Waals surface area contributed by atoms with Crippen molar-refractivity contribution in [1.82, 2.24) is 4.72 Å².